The maximum atomic E-state index is 13.8. The van der Waals surface area contributed by atoms with Crippen LogP contribution in [0.4, 0.5) is 23.2 Å². The number of allylic oxidation sites excluding steroid dienone is 1. The Kier molecular flexibility index (Phi) is 2.81. The number of thioether (sulfide) groups is 1. The van der Waals surface area contributed by atoms with E-state index in [-0.39, 0.29) is 32.8 Å². The lowest BCUT2D eigenvalue weighted by molar-refractivity contribution is -0.142. The Morgan fingerprint density at radius 2 is 2.00 bits per heavy atom. The number of carboxylic acid groups (broad SMARTS) is 1. The van der Waals surface area contributed by atoms with E-state index in [4.69, 9.17) is 5.11 Å². The third-order valence-corrected chi connectivity index (χ3v) is 4.08. The first-order chi connectivity index (χ1) is 9.73. The van der Waals surface area contributed by atoms with Crippen molar-refractivity contribution in [3.63, 3.8) is 0 Å². The summed E-state index contributed by atoms with van der Waals surface area (Å²) in [5, 5.41) is 7.49. The number of halogens is 4. The van der Waals surface area contributed by atoms with Crippen molar-refractivity contribution in [1.29, 1.82) is 0 Å². The van der Waals surface area contributed by atoms with E-state index in [2.05, 4.69) is 0 Å². The van der Waals surface area contributed by atoms with Gasteiger partial charge in [0.05, 0.1) is 5.69 Å². The van der Waals surface area contributed by atoms with Crippen LogP contribution in [0.2, 0.25) is 0 Å². The summed E-state index contributed by atoms with van der Waals surface area (Å²) in [6.45, 7) is 0. The SMILES string of the molecule is O=C(O)C1C(=O)N2C(C(F)(F)F)=C(F)Sc3cccc1c32. The van der Waals surface area contributed by atoms with Crippen LogP contribution in [0.5, 0.6) is 0 Å². The number of amides is 1. The predicted molar refractivity (Wildman–Crippen MR) is 64.4 cm³/mol. The molecule has 0 radical (unpaired) electrons. The molecular weight excluding hydrogens is 314 g/mol. The molecule has 2 aliphatic heterocycles. The number of nitrogens with zero attached hydrogens (tertiary/aromatic N) is 1. The van der Waals surface area contributed by atoms with Crippen LogP contribution in [0, 0.1) is 0 Å². The van der Waals surface area contributed by atoms with Gasteiger partial charge in [-0.15, -0.1) is 0 Å². The van der Waals surface area contributed by atoms with Crippen molar-refractivity contribution in [1.82, 2.24) is 0 Å². The van der Waals surface area contributed by atoms with Gasteiger partial charge in [-0.3, -0.25) is 14.5 Å². The number of hydrogen-bond acceptors (Lipinski definition) is 3. The van der Waals surface area contributed by atoms with E-state index < -0.39 is 34.8 Å². The van der Waals surface area contributed by atoms with Gasteiger partial charge in [0, 0.05) is 10.5 Å². The fourth-order valence-electron chi connectivity index (χ4n) is 2.40. The summed E-state index contributed by atoms with van der Waals surface area (Å²) in [6.07, 6.45) is -5.11. The average Bonchev–Trinajstić information content (AvgIpc) is 2.63. The second kappa shape index (κ2) is 4.23. The molecular formula is C12H5F4NO3S. The van der Waals surface area contributed by atoms with E-state index in [0.717, 1.165) is 0 Å². The van der Waals surface area contributed by atoms with Gasteiger partial charge >= 0.3 is 12.1 Å². The molecule has 0 spiro atoms. The highest BCUT2D eigenvalue weighted by molar-refractivity contribution is 8.03. The fraction of sp³-hybridized carbons (Fsp3) is 0.167. The van der Waals surface area contributed by atoms with E-state index in [1.807, 2.05) is 0 Å². The zero-order valence-corrected chi connectivity index (χ0v) is 10.8. The quantitative estimate of drug-likeness (QED) is 0.638. The van der Waals surface area contributed by atoms with Gasteiger partial charge in [-0.2, -0.15) is 17.6 Å². The molecule has 3 rings (SSSR count). The number of alkyl halides is 3. The van der Waals surface area contributed by atoms with Crippen molar-refractivity contribution in [3.8, 4) is 0 Å². The van der Waals surface area contributed by atoms with E-state index in [1.54, 1.807) is 0 Å². The first-order valence-corrected chi connectivity index (χ1v) is 6.39. The van der Waals surface area contributed by atoms with Gasteiger partial charge in [-0.25, -0.2) is 0 Å². The molecule has 1 aromatic carbocycles. The van der Waals surface area contributed by atoms with E-state index in [1.165, 1.54) is 18.2 Å². The Bertz CT molecular complexity index is 713. The molecule has 21 heavy (non-hydrogen) atoms. The monoisotopic (exact) mass is 319 g/mol. The third-order valence-electron chi connectivity index (χ3n) is 3.16. The Labute approximate surface area is 119 Å². The van der Waals surface area contributed by atoms with Gasteiger partial charge in [0.25, 0.3) is 5.91 Å². The Morgan fingerprint density at radius 1 is 1.33 bits per heavy atom. The van der Waals surface area contributed by atoms with Gasteiger partial charge in [-0.05, 0) is 6.07 Å². The summed E-state index contributed by atoms with van der Waals surface area (Å²) in [5.41, 5.74) is -2.03. The lowest BCUT2D eigenvalue weighted by atomic mass is 10.0. The topological polar surface area (TPSA) is 57.6 Å². The van der Waals surface area contributed by atoms with Crippen LogP contribution in [0.15, 0.2) is 34.0 Å². The molecule has 1 N–H and O–H groups in total. The number of benzene rings is 1. The highest BCUT2D eigenvalue weighted by Gasteiger charge is 2.54. The minimum absolute atomic E-state index is 0.0632. The fourth-order valence-corrected chi connectivity index (χ4v) is 3.35. The number of rotatable bonds is 1. The van der Waals surface area contributed by atoms with Crippen molar-refractivity contribution in [2.45, 2.75) is 17.0 Å². The highest BCUT2D eigenvalue weighted by Crippen LogP contribution is 2.54. The van der Waals surface area contributed by atoms with Gasteiger partial charge in [0.2, 0.25) is 0 Å². The molecule has 1 unspecified atom stereocenters. The number of carboxylic acids is 1. The normalized spacial score (nSPS) is 20.9. The molecule has 2 heterocycles. The molecule has 0 saturated carbocycles. The summed E-state index contributed by atoms with van der Waals surface area (Å²) < 4.78 is 52.8. The minimum Gasteiger partial charge on any atom is -0.480 e. The smallest absolute Gasteiger partial charge is 0.435 e. The summed E-state index contributed by atoms with van der Waals surface area (Å²) in [7, 11) is 0. The van der Waals surface area contributed by atoms with Crippen LogP contribution in [0.1, 0.15) is 11.5 Å². The van der Waals surface area contributed by atoms with E-state index >= 15 is 0 Å². The molecule has 0 bridgehead atoms. The maximum Gasteiger partial charge on any atom is 0.435 e. The molecule has 0 aromatic heterocycles. The summed E-state index contributed by atoms with van der Waals surface area (Å²) >= 11 is 0.227. The van der Waals surface area contributed by atoms with Crippen LogP contribution >= 0.6 is 11.8 Å². The molecule has 1 atom stereocenters. The van der Waals surface area contributed by atoms with Crippen molar-refractivity contribution >= 4 is 29.3 Å². The second-order valence-corrected chi connectivity index (χ2v) is 5.36. The number of para-hydroxylation sites is 1. The largest absolute Gasteiger partial charge is 0.480 e. The minimum atomic E-state index is -5.11. The number of carbonyl (C=O) groups excluding carboxylic acids is 1. The lowest BCUT2D eigenvalue weighted by Crippen LogP contribution is -2.38. The van der Waals surface area contributed by atoms with Crippen molar-refractivity contribution < 1.29 is 32.3 Å². The van der Waals surface area contributed by atoms with E-state index in [0.29, 0.717) is 0 Å². The van der Waals surface area contributed by atoms with Crippen molar-refractivity contribution in [2.75, 3.05) is 4.90 Å². The Morgan fingerprint density at radius 3 is 2.57 bits per heavy atom. The van der Waals surface area contributed by atoms with Gasteiger partial charge < -0.3 is 5.11 Å². The molecule has 4 nitrogen and oxygen atoms in total. The van der Waals surface area contributed by atoms with Crippen LogP contribution < -0.4 is 4.90 Å². The summed E-state index contributed by atoms with van der Waals surface area (Å²) in [4.78, 5) is 23.4. The Balaban J connectivity index is 2.29. The molecule has 0 fully saturated rings. The summed E-state index contributed by atoms with van der Waals surface area (Å²) in [6, 6.07) is 3.97. The summed E-state index contributed by atoms with van der Waals surface area (Å²) in [5.74, 6) is -4.65. The average molecular weight is 319 g/mol. The van der Waals surface area contributed by atoms with E-state index in [9.17, 15) is 27.2 Å². The van der Waals surface area contributed by atoms with Crippen LogP contribution in [0.3, 0.4) is 0 Å². The highest BCUT2D eigenvalue weighted by atomic mass is 32.2. The number of aliphatic carboxylic acids is 1. The zero-order valence-electron chi connectivity index (χ0n) is 9.94. The van der Waals surface area contributed by atoms with Crippen LogP contribution in [-0.4, -0.2) is 23.2 Å². The standard InChI is InChI=1S/C12H5F4NO3S/c13-9-8(12(14,15)16)17-7-4(2-1-3-5(7)21-9)6(10(17)18)11(19)20/h1-3,6H,(H,19,20). The van der Waals surface area contributed by atoms with Gasteiger partial charge in [-0.1, -0.05) is 23.9 Å². The first kappa shape index (κ1) is 13.9. The van der Waals surface area contributed by atoms with Crippen molar-refractivity contribution in [3.05, 3.63) is 34.6 Å². The number of hydrogen-bond donors (Lipinski definition) is 1. The number of carbonyl (C=O) groups is 2. The predicted octanol–water partition coefficient (Wildman–Crippen LogP) is 3.01. The number of anilines is 1. The molecule has 0 saturated heterocycles. The second-order valence-electron chi connectivity index (χ2n) is 4.36. The van der Waals surface area contributed by atoms with Gasteiger partial charge in [0.15, 0.2) is 16.8 Å². The molecule has 2 aliphatic rings. The molecule has 9 heteroatoms. The molecule has 1 aromatic rings. The first-order valence-electron chi connectivity index (χ1n) is 5.58. The third kappa shape index (κ3) is 1.84. The Hall–Kier alpha value is -2.03. The molecule has 110 valence electrons. The maximum absolute atomic E-state index is 13.8. The zero-order chi connectivity index (χ0) is 15.5. The van der Waals surface area contributed by atoms with Crippen LogP contribution in [0.25, 0.3) is 0 Å². The lowest BCUT2D eigenvalue weighted by Gasteiger charge is -2.28. The van der Waals surface area contributed by atoms with Gasteiger partial charge in [0.1, 0.15) is 0 Å². The van der Waals surface area contributed by atoms with Crippen molar-refractivity contribution in [2.24, 2.45) is 0 Å². The molecule has 1 amide bonds. The molecule has 0 aliphatic carbocycles. The van der Waals surface area contributed by atoms with Crippen LogP contribution in [-0.2, 0) is 9.59 Å².